The maximum Gasteiger partial charge on any atom is 0.194 e. The van der Waals surface area contributed by atoms with E-state index in [0.717, 1.165) is 6.42 Å². The number of rotatable bonds is 10. The molecule has 0 aromatic heterocycles. The number of carbonyl (C=O) groups excluding carboxylic acids is 1. The molecule has 1 saturated heterocycles. The molecule has 4 rings (SSSR count). The van der Waals surface area contributed by atoms with Crippen molar-refractivity contribution in [2.45, 2.75) is 38.0 Å². The van der Waals surface area contributed by atoms with Crippen LogP contribution in [0.25, 0.3) is 10.8 Å². The van der Waals surface area contributed by atoms with E-state index in [-0.39, 0.29) is 39.8 Å². The van der Waals surface area contributed by atoms with E-state index in [1.807, 2.05) is 18.2 Å². The van der Waals surface area contributed by atoms with E-state index in [1.165, 1.54) is 28.5 Å². The van der Waals surface area contributed by atoms with Gasteiger partial charge in [0.1, 0.15) is 36.2 Å². The maximum atomic E-state index is 12.8. The highest BCUT2D eigenvalue weighted by Gasteiger charge is 2.27. The molecule has 7 nitrogen and oxygen atoms in total. The molecule has 0 saturated carbocycles. The first-order valence-electron chi connectivity index (χ1n) is 12.4. The Morgan fingerprint density at radius 2 is 2.05 bits per heavy atom. The third kappa shape index (κ3) is 6.86. The van der Waals surface area contributed by atoms with Crippen LogP contribution < -0.4 is 15.4 Å². The van der Waals surface area contributed by atoms with Crippen molar-refractivity contribution in [1.29, 1.82) is 5.26 Å². The van der Waals surface area contributed by atoms with Gasteiger partial charge in [-0.2, -0.15) is 5.26 Å². The average molecular weight is 522 g/mol. The van der Waals surface area contributed by atoms with Crippen LogP contribution in [0.1, 0.15) is 35.3 Å². The second kappa shape index (κ2) is 12.0. The summed E-state index contributed by atoms with van der Waals surface area (Å²) < 4.78 is 11.2. The minimum absolute atomic E-state index is 0.0308. The Morgan fingerprint density at radius 1 is 1.27 bits per heavy atom. The van der Waals surface area contributed by atoms with Crippen LogP contribution in [0.3, 0.4) is 0 Å². The molecule has 1 aliphatic heterocycles. The van der Waals surface area contributed by atoms with Crippen LogP contribution in [0.2, 0.25) is 5.02 Å². The number of nitrogens with zero attached hydrogens (tertiary/aromatic N) is 1. The molecule has 194 valence electrons. The number of halogens is 1. The third-order valence-corrected chi connectivity index (χ3v) is 6.80. The van der Waals surface area contributed by atoms with Crippen LogP contribution in [0, 0.1) is 11.3 Å². The Labute approximate surface area is 222 Å². The number of aliphatic hydroxyl groups is 1. The molecule has 3 N–H and O–H groups in total. The van der Waals surface area contributed by atoms with Gasteiger partial charge in [-0.05, 0) is 48.7 Å². The molecule has 37 heavy (non-hydrogen) atoms. The van der Waals surface area contributed by atoms with Crippen LogP contribution in [0.5, 0.6) is 5.75 Å². The van der Waals surface area contributed by atoms with Crippen molar-refractivity contribution in [2.75, 3.05) is 32.8 Å². The highest BCUT2D eigenvalue weighted by atomic mass is 35.5. The van der Waals surface area contributed by atoms with Gasteiger partial charge < -0.3 is 25.2 Å². The lowest BCUT2D eigenvalue weighted by Crippen LogP contribution is -2.46. The Balaban J connectivity index is 1.33. The first-order valence-corrected chi connectivity index (χ1v) is 12.8. The Hall–Kier alpha value is -2.99. The van der Waals surface area contributed by atoms with Crippen LogP contribution in [0.4, 0.5) is 0 Å². The number of morpholine rings is 1. The standard InChI is InChI=1S/C29H32ClN3O4/c1-29(2,14-19-7-8-20-5-3-4-6-21(20)13-19)33-16-22(34)18-37-25-10-9-23(27(30)24(25)15-31)28(35)26-17-32-11-12-36-26/h3-10,13,22,26,32-34H,11-12,14,16-18H2,1-2H3. The average Bonchev–Trinajstić information content (AvgIpc) is 2.90. The molecule has 0 amide bonds. The van der Waals surface area contributed by atoms with Gasteiger partial charge in [0.05, 0.1) is 11.6 Å². The number of carbonyl (C=O) groups is 1. The molecule has 1 fully saturated rings. The number of ether oxygens (including phenoxy) is 2. The van der Waals surface area contributed by atoms with E-state index in [0.29, 0.717) is 26.2 Å². The molecular weight excluding hydrogens is 490 g/mol. The largest absolute Gasteiger partial charge is 0.489 e. The molecule has 3 aromatic carbocycles. The summed E-state index contributed by atoms with van der Waals surface area (Å²) in [7, 11) is 0. The minimum atomic E-state index is -0.816. The van der Waals surface area contributed by atoms with Crippen molar-refractivity contribution in [1.82, 2.24) is 10.6 Å². The van der Waals surface area contributed by atoms with E-state index in [1.54, 1.807) is 0 Å². The molecule has 1 heterocycles. The number of fused-ring (bicyclic) bond motifs is 1. The van der Waals surface area contributed by atoms with Crippen LogP contribution in [-0.4, -0.2) is 61.5 Å². The number of hydrogen-bond donors (Lipinski definition) is 3. The first kappa shape index (κ1) is 27.1. The van der Waals surface area contributed by atoms with Crippen molar-refractivity contribution in [3.05, 3.63) is 76.3 Å². The molecule has 8 heteroatoms. The van der Waals surface area contributed by atoms with Crippen molar-refractivity contribution in [3.63, 3.8) is 0 Å². The number of aliphatic hydroxyl groups excluding tert-OH is 1. The molecule has 3 aromatic rings. The highest BCUT2D eigenvalue weighted by molar-refractivity contribution is 6.35. The second-order valence-electron chi connectivity index (χ2n) is 9.93. The number of nitrogens with one attached hydrogen (secondary N) is 2. The number of ketones is 1. The van der Waals surface area contributed by atoms with Crippen molar-refractivity contribution in [3.8, 4) is 11.8 Å². The normalized spacial score (nSPS) is 16.8. The maximum absolute atomic E-state index is 12.8. The first-order chi connectivity index (χ1) is 17.8. The highest BCUT2D eigenvalue weighted by Crippen LogP contribution is 2.31. The number of β-amino-alcohol motifs (C(OH)–C–C–N with tert-alkyl or cyclic N) is 1. The summed E-state index contributed by atoms with van der Waals surface area (Å²) in [6, 6.07) is 19.8. The van der Waals surface area contributed by atoms with Crippen molar-refractivity contribution < 1.29 is 19.4 Å². The zero-order valence-corrected chi connectivity index (χ0v) is 21.8. The van der Waals surface area contributed by atoms with E-state index in [9.17, 15) is 15.2 Å². The van der Waals surface area contributed by atoms with Gasteiger partial charge in [0.15, 0.2) is 5.78 Å². The van der Waals surface area contributed by atoms with Gasteiger partial charge in [-0.3, -0.25) is 4.79 Å². The van der Waals surface area contributed by atoms with Gasteiger partial charge in [0.2, 0.25) is 0 Å². The predicted octanol–water partition coefficient (Wildman–Crippen LogP) is 3.89. The Kier molecular flexibility index (Phi) is 8.80. The molecule has 0 aliphatic carbocycles. The molecular formula is C29H32ClN3O4. The quantitative estimate of drug-likeness (QED) is 0.348. The van der Waals surface area contributed by atoms with Gasteiger partial charge >= 0.3 is 0 Å². The van der Waals surface area contributed by atoms with Gasteiger partial charge in [-0.25, -0.2) is 0 Å². The monoisotopic (exact) mass is 521 g/mol. The lowest BCUT2D eigenvalue weighted by atomic mass is 9.93. The SMILES string of the molecule is CC(C)(Cc1ccc2ccccc2c1)NCC(O)COc1ccc(C(=O)C2CNCCO2)c(Cl)c1C#N. The van der Waals surface area contributed by atoms with Crippen LogP contribution >= 0.6 is 11.6 Å². The second-order valence-corrected chi connectivity index (χ2v) is 10.3. The summed E-state index contributed by atoms with van der Waals surface area (Å²) in [5.41, 5.74) is 1.23. The predicted molar refractivity (Wildman–Crippen MR) is 144 cm³/mol. The van der Waals surface area contributed by atoms with Crippen molar-refractivity contribution >= 4 is 28.2 Å². The molecule has 0 spiro atoms. The van der Waals surface area contributed by atoms with Gasteiger partial charge in [0.25, 0.3) is 0 Å². The zero-order valence-electron chi connectivity index (χ0n) is 21.1. The van der Waals surface area contributed by atoms with Crippen LogP contribution in [-0.2, 0) is 11.2 Å². The number of nitriles is 1. The topological polar surface area (TPSA) is 104 Å². The van der Waals surface area contributed by atoms with Gasteiger partial charge in [-0.15, -0.1) is 0 Å². The van der Waals surface area contributed by atoms with E-state index in [4.69, 9.17) is 21.1 Å². The smallest absolute Gasteiger partial charge is 0.194 e. The molecule has 2 unspecified atom stereocenters. The summed E-state index contributed by atoms with van der Waals surface area (Å²) in [5, 5.41) is 29.2. The van der Waals surface area contributed by atoms with E-state index in [2.05, 4.69) is 54.8 Å². The fraction of sp³-hybridized carbons (Fsp3) is 0.379. The zero-order chi connectivity index (χ0) is 26.4. The number of benzene rings is 3. The van der Waals surface area contributed by atoms with Crippen LogP contribution in [0.15, 0.2) is 54.6 Å². The Morgan fingerprint density at radius 3 is 2.78 bits per heavy atom. The lowest BCUT2D eigenvalue weighted by molar-refractivity contribution is 0.0269. The summed E-state index contributed by atoms with van der Waals surface area (Å²) in [5.74, 6) is -0.0562. The fourth-order valence-electron chi connectivity index (χ4n) is 4.44. The summed E-state index contributed by atoms with van der Waals surface area (Å²) in [4.78, 5) is 12.8. The van der Waals surface area contributed by atoms with E-state index >= 15 is 0 Å². The summed E-state index contributed by atoms with van der Waals surface area (Å²) >= 11 is 6.40. The molecule has 2 atom stereocenters. The fourth-order valence-corrected chi connectivity index (χ4v) is 4.73. The number of hydrogen-bond acceptors (Lipinski definition) is 7. The summed E-state index contributed by atoms with van der Waals surface area (Å²) in [6.45, 7) is 5.96. The molecule has 0 bridgehead atoms. The lowest BCUT2D eigenvalue weighted by Gasteiger charge is -2.28. The minimum Gasteiger partial charge on any atom is -0.489 e. The third-order valence-electron chi connectivity index (χ3n) is 6.41. The molecule has 1 aliphatic rings. The summed E-state index contributed by atoms with van der Waals surface area (Å²) in [6.07, 6.45) is -0.672. The number of Topliss-reactive ketones (excluding diaryl/α,β-unsaturated/α-hetero) is 1. The van der Waals surface area contributed by atoms with Gasteiger partial charge in [0, 0.05) is 30.7 Å². The molecule has 0 radical (unpaired) electrons. The van der Waals surface area contributed by atoms with E-state index < -0.39 is 12.2 Å². The van der Waals surface area contributed by atoms with Crippen molar-refractivity contribution in [2.24, 2.45) is 0 Å². The van der Waals surface area contributed by atoms with Gasteiger partial charge in [-0.1, -0.05) is 54.1 Å². The Bertz CT molecular complexity index is 1300.